The van der Waals surface area contributed by atoms with Crippen molar-refractivity contribution in [3.63, 3.8) is 0 Å². The molecule has 0 spiro atoms. The number of carbonyl (C=O) groups excluding carboxylic acids is 1. The van der Waals surface area contributed by atoms with Gasteiger partial charge in [0.05, 0.1) is 5.69 Å². The predicted molar refractivity (Wildman–Crippen MR) is 65.4 cm³/mol. The molecule has 0 aliphatic rings. The lowest BCUT2D eigenvalue weighted by atomic mass is 10.3. The standard InChI is InChI=1S/C12H9F2N3O3/c13-8-2-1-7(5-9(8)14)17-4-3-16(6-10(15)18)11(19)12(17)20/h1-5H,6H2,(H2,15,18). The van der Waals surface area contributed by atoms with Crippen LogP contribution in [0.5, 0.6) is 0 Å². The highest BCUT2D eigenvalue weighted by atomic mass is 19.2. The minimum atomic E-state index is -1.14. The molecule has 0 bridgehead atoms. The van der Waals surface area contributed by atoms with E-state index >= 15 is 0 Å². The third kappa shape index (κ3) is 2.48. The molecular formula is C12H9F2N3O3. The summed E-state index contributed by atoms with van der Waals surface area (Å²) in [5.74, 6) is -2.99. The van der Waals surface area contributed by atoms with Crippen LogP contribution in [0, 0.1) is 11.6 Å². The molecule has 8 heteroatoms. The van der Waals surface area contributed by atoms with Gasteiger partial charge in [-0.25, -0.2) is 8.78 Å². The van der Waals surface area contributed by atoms with Crippen LogP contribution in [-0.4, -0.2) is 15.0 Å². The quantitative estimate of drug-likeness (QED) is 0.788. The molecule has 20 heavy (non-hydrogen) atoms. The summed E-state index contributed by atoms with van der Waals surface area (Å²) in [6.07, 6.45) is 2.33. The van der Waals surface area contributed by atoms with Crippen LogP contribution in [0.1, 0.15) is 0 Å². The zero-order valence-corrected chi connectivity index (χ0v) is 10.0. The number of hydrogen-bond donors (Lipinski definition) is 1. The molecule has 2 aromatic rings. The summed E-state index contributed by atoms with van der Waals surface area (Å²) in [7, 11) is 0. The second-order valence-corrected chi connectivity index (χ2v) is 3.97. The maximum Gasteiger partial charge on any atom is 0.320 e. The van der Waals surface area contributed by atoms with E-state index in [0.717, 1.165) is 33.5 Å². The fourth-order valence-corrected chi connectivity index (χ4v) is 1.64. The molecule has 0 unspecified atom stereocenters. The van der Waals surface area contributed by atoms with Gasteiger partial charge in [0.1, 0.15) is 6.54 Å². The van der Waals surface area contributed by atoms with E-state index in [0.29, 0.717) is 0 Å². The molecule has 0 aliphatic carbocycles. The zero-order valence-electron chi connectivity index (χ0n) is 10.0. The molecule has 0 fully saturated rings. The zero-order chi connectivity index (χ0) is 14.9. The van der Waals surface area contributed by atoms with Crippen molar-refractivity contribution in [2.45, 2.75) is 6.54 Å². The summed E-state index contributed by atoms with van der Waals surface area (Å²) in [6.45, 7) is -0.438. The van der Waals surface area contributed by atoms with Crippen molar-refractivity contribution in [1.82, 2.24) is 9.13 Å². The first-order chi connectivity index (χ1) is 9.40. The molecule has 1 aromatic heterocycles. The summed E-state index contributed by atoms with van der Waals surface area (Å²) in [5, 5.41) is 0. The first-order valence-corrected chi connectivity index (χ1v) is 5.46. The Bertz CT molecular complexity index is 795. The maximum atomic E-state index is 13.1. The van der Waals surface area contributed by atoms with Gasteiger partial charge in [-0.3, -0.25) is 23.5 Å². The van der Waals surface area contributed by atoms with Gasteiger partial charge < -0.3 is 5.73 Å². The number of aromatic nitrogens is 2. The number of halogens is 2. The van der Waals surface area contributed by atoms with Gasteiger partial charge in [-0.2, -0.15) is 0 Å². The molecule has 6 nitrogen and oxygen atoms in total. The lowest BCUT2D eigenvalue weighted by Gasteiger charge is -2.08. The second-order valence-electron chi connectivity index (χ2n) is 3.97. The highest BCUT2D eigenvalue weighted by Gasteiger charge is 2.10. The van der Waals surface area contributed by atoms with Crippen LogP contribution in [0.2, 0.25) is 0 Å². The number of hydrogen-bond acceptors (Lipinski definition) is 3. The van der Waals surface area contributed by atoms with E-state index in [1.165, 1.54) is 6.20 Å². The molecule has 2 rings (SSSR count). The SMILES string of the molecule is NC(=O)Cn1ccn(-c2ccc(F)c(F)c2)c(=O)c1=O. The monoisotopic (exact) mass is 281 g/mol. The second kappa shape index (κ2) is 5.08. The molecule has 0 atom stereocenters. The molecular weight excluding hydrogens is 272 g/mol. The molecule has 0 radical (unpaired) electrons. The van der Waals surface area contributed by atoms with Crippen LogP contribution < -0.4 is 16.9 Å². The van der Waals surface area contributed by atoms with Gasteiger partial charge in [0, 0.05) is 18.5 Å². The van der Waals surface area contributed by atoms with Gasteiger partial charge in [0.2, 0.25) is 5.91 Å². The van der Waals surface area contributed by atoms with Gasteiger partial charge in [-0.05, 0) is 12.1 Å². The number of rotatable bonds is 3. The van der Waals surface area contributed by atoms with Crippen LogP contribution in [0.3, 0.4) is 0 Å². The Hall–Kier alpha value is -2.77. The lowest BCUT2D eigenvalue weighted by molar-refractivity contribution is -0.118. The number of primary amides is 1. The molecule has 0 saturated carbocycles. The van der Waals surface area contributed by atoms with Crippen molar-refractivity contribution >= 4 is 5.91 Å². The highest BCUT2D eigenvalue weighted by molar-refractivity contribution is 5.73. The lowest BCUT2D eigenvalue weighted by Crippen LogP contribution is -2.41. The average molecular weight is 281 g/mol. The van der Waals surface area contributed by atoms with E-state index in [1.807, 2.05) is 0 Å². The fourth-order valence-electron chi connectivity index (χ4n) is 1.64. The summed E-state index contributed by atoms with van der Waals surface area (Å²) in [6, 6.07) is 2.78. The van der Waals surface area contributed by atoms with Crippen molar-refractivity contribution in [3.8, 4) is 5.69 Å². The Morgan fingerprint density at radius 2 is 1.80 bits per heavy atom. The van der Waals surface area contributed by atoms with Gasteiger partial charge >= 0.3 is 11.1 Å². The highest BCUT2D eigenvalue weighted by Crippen LogP contribution is 2.10. The summed E-state index contributed by atoms with van der Waals surface area (Å²) in [5.41, 5.74) is 2.94. The average Bonchev–Trinajstić information content (AvgIpc) is 2.38. The fraction of sp³-hybridized carbons (Fsp3) is 0.0833. The van der Waals surface area contributed by atoms with Crippen LogP contribution in [0.4, 0.5) is 8.78 Å². The van der Waals surface area contributed by atoms with E-state index in [2.05, 4.69) is 0 Å². The van der Waals surface area contributed by atoms with Crippen molar-refractivity contribution < 1.29 is 13.6 Å². The molecule has 1 aromatic carbocycles. The third-order valence-corrected chi connectivity index (χ3v) is 2.57. The Balaban J connectivity index is 2.57. The predicted octanol–water partition coefficient (Wildman–Crippen LogP) is -0.237. The molecule has 1 amide bonds. The summed E-state index contributed by atoms with van der Waals surface area (Å²) < 4.78 is 27.6. The van der Waals surface area contributed by atoms with Crippen molar-refractivity contribution in [3.05, 3.63) is 62.9 Å². The number of benzene rings is 1. The molecule has 0 saturated heterocycles. The van der Waals surface area contributed by atoms with E-state index in [4.69, 9.17) is 5.73 Å². The van der Waals surface area contributed by atoms with Crippen molar-refractivity contribution in [1.29, 1.82) is 0 Å². The van der Waals surface area contributed by atoms with Crippen LogP contribution >= 0.6 is 0 Å². The van der Waals surface area contributed by atoms with E-state index in [1.54, 1.807) is 0 Å². The van der Waals surface area contributed by atoms with Crippen LogP contribution in [0.25, 0.3) is 5.69 Å². The largest absolute Gasteiger partial charge is 0.368 e. The van der Waals surface area contributed by atoms with Crippen molar-refractivity contribution in [2.75, 3.05) is 0 Å². The Morgan fingerprint density at radius 1 is 1.10 bits per heavy atom. The normalized spacial score (nSPS) is 10.5. The third-order valence-electron chi connectivity index (χ3n) is 2.57. The first-order valence-electron chi connectivity index (χ1n) is 5.46. The van der Waals surface area contributed by atoms with Gasteiger partial charge in [0.25, 0.3) is 0 Å². The van der Waals surface area contributed by atoms with E-state index < -0.39 is 35.2 Å². The molecule has 1 heterocycles. The smallest absolute Gasteiger partial charge is 0.320 e. The number of amides is 1. The van der Waals surface area contributed by atoms with Gasteiger partial charge in [0.15, 0.2) is 11.6 Å². The van der Waals surface area contributed by atoms with Gasteiger partial charge in [-0.15, -0.1) is 0 Å². The minimum Gasteiger partial charge on any atom is -0.368 e. The number of nitrogens with zero attached hydrogens (tertiary/aromatic N) is 2. The van der Waals surface area contributed by atoms with Crippen LogP contribution in [-0.2, 0) is 11.3 Å². The van der Waals surface area contributed by atoms with Crippen LogP contribution in [0.15, 0.2) is 40.2 Å². The van der Waals surface area contributed by atoms with E-state index in [-0.39, 0.29) is 5.69 Å². The van der Waals surface area contributed by atoms with Crippen molar-refractivity contribution in [2.24, 2.45) is 5.73 Å². The maximum absolute atomic E-state index is 13.1. The molecule has 0 aliphatic heterocycles. The molecule has 104 valence electrons. The number of carbonyl (C=O) groups is 1. The minimum absolute atomic E-state index is 0.00257. The first kappa shape index (κ1) is 13.7. The number of nitrogens with two attached hydrogens (primary N) is 1. The Kier molecular flexibility index (Phi) is 3.47. The Labute approximate surface area is 110 Å². The summed E-state index contributed by atoms with van der Waals surface area (Å²) >= 11 is 0. The molecule has 2 N–H and O–H groups in total. The van der Waals surface area contributed by atoms with E-state index in [9.17, 15) is 23.2 Å². The Morgan fingerprint density at radius 3 is 2.40 bits per heavy atom. The topological polar surface area (TPSA) is 87.1 Å². The van der Waals surface area contributed by atoms with Gasteiger partial charge in [-0.1, -0.05) is 0 Å². The summed E-state index contributed by atoms with van der Waals surface area (Å²) in [4.78, 5) is 34.3.